The number of carbonyl (C=O) groups excluding carboxylic acids is 2. The van der Waals surface area contributed by atoms with Crippen molar-refractivity contribution < 1.29 is 14.7 Å². The second kappa shape index (κ2) is 8.37. The van der Waals surface area contributed by atoms with E-state index in [4.69, 9.17) is 12.2 Å². The van der Waals surface area contributed by atoms with E-state index >= 15 is 0 Å². The van der Waals surface area contributed by atoms with Gasteiger partial charge in [-0.15, -0.1) is 0 Å². The summed E-state index contributed by atoms with van der Waals surface area (Å²) in [7, 11) is 0. The first-order valence-corrected chi connectivity index (χ1v) is 9.56. The molecule has 1 saturated heterocycles. The number of carbonyl (C=O) groups is 2. The third-order valence-electron chi connectivity index (χ3n) is 3.95. The number of thioether (sulfide) groups is 1. The standard InChI is InChI=1S/C20H18N2O3S2/c1-13-5-4-6-14(11-13)12-17-19(25)22(20(26)27-17)10-9-18(24)21-15-7-2-3-8-16(15)23/h2-8,11-12,23H,9-10H2,1H3,(H,21,24)/b17-12-. The minimum Gasteiger partial charge on any atom is -0.506 e. The molecular formula is C20H18N2O3S2. The number of thiocarbonyl (C=S) groups is 1. The van der Waals surface area contributed by atoms with Gasteiger partial charge in [-0.05, 0) is 30.7 Å². The van der Waals surface area contributed by atoms with Gasteiger partial charge >= 0.3 is 0 Å². The minimum atomic E-state index is -0.298. The van der Waals surface area contributed by atoms with Crippen LogP contribution in [0.25, 0.3) is 6.08 Å². The van der Waals surface area contributed by atoms with Crippen molar-refractivity contribution in [2.45, 2.75) is 13.3 Å². The second-order valence-electron chi connectivity index (χ2n) is 6.06. The van der Waals surface area contributed by atoms with Gasteiger partial charge in [-0.1, -0.05) is 65.9 Å². The Labute approximate surface area is 167 Å². The summed E-state index contributed by atoms with van der Waals surface area (Å²) in [4.78, 5) is 26.7. The quantitative estimate of drug-likeness (QED) is 0.454. The molecule has 3 rings (SSSR count). The Morgan fingerprint density at radius 2 is 2.04 bits per heavy atom. The van der Waals surface area contributed by atoms with Gasteiger partial charge < -0.3 is 10.4 Å². The first kappa shape index (κ1) is 19.1. The summed E-state index contributed by atoms with van der Waals surface area (Å²) in [6.45, 7) is 2.18. The summed E-state index contributed by atoms with van der Waals surface area (Å²) in [6.07, 6.45) is 1.90. The summed E-state index contributed by atoms with van der Waals surface area (Å²) in [5, 5.41) is 12.3. The zero-order valence-electron chi connectivity index (χ0n) is 14.6. The number of hydrogen-bond donors (Lipinski definition) is 2. The molecule has 7 heteroatoms. The number of nitrogens with one attached hydrogen (secondary N) is 1. The fraction of sp³-hybridized carbons (Fsp3) is 0.150. The molecular weight excluding hydrogens is 380 g/mol. The van der Waals surface area contributed by atoms with E-state index in [-0.39, 0.29) is 30.5 Å². The minimum absolute atomic E-state index is 0.00227. The smallest absolute Gasteiger partial charge is 0.266 e. The van der Waals surface area contributed by atoms with Gasteiger partial charge in [0.1, 0.15) is 10.1 Å². The van der Waals surface area contributed by atoms with Crippen molar-refractivity contribution in [3.8, 4) is 5.75 Å². The van der Waals surface area contributed by atoms with Crippen LogP contribution in [0.15, 0.2) is 53.4 Å². The van der Waals surface area contributed by atoms with Crippen molar-refractivity contribution in [3.05, 3.63) is 64.6 Å². The number of hydrogen-bond acceptors (Lipinski definition) is 5. The molecule has 1 heterocycles. The third-order valence-corrected chi connectivity index (χ3v) is 5.33. The Morgan fingerprint density at radius 3 is 2.78 bits per heavy atom. The molecule has 27 heavy (non-hydrogen) atoms. The fourth-order valence-corrected chi connectivity index (χ4v) is 3.92. The molecule has 0 unspecified atom stereocenters. The highest BCUT2D eigenvalue weighted by Gasteiger charge is 2.32. The van der Waals surface area contributed by atoms with Gasteiger partial charge in [0.05, 0.1) is 10.6 Å². The fourth-order valence-electron chi connectivity index (χ4n) is 2.61. The van der Waals surface area contributed by atoms with Crippen LogP contribution in [0, 0.1) is 6.92 Å². The predicted octanol–water partition coefficient (Wildman–Crippen LogP) is 3.93. The topological polar surface area (TPSA) is 69.6 Å². The van der Waals surface area contributed by atoms with E-state index in [9.17, 15) is 14.7 Å². The summed E-state index contributed by atoms with van der Waals surface area (Å²) in [5.41, 5.74) is 2.39. The normalized spacial score (nSPS) is 15.4. The maximum absolute atomic E-state index is 12.6. The number of amides is 2. The lowest BCUT2D eigenvalue weighted by Crippen LogP contribution is -2.31. The maximum atomic E-state index is 12.6. The third kappa shape index (κ3) is 4.75. The van der Waals surface area contributed by atoms with Crippen molar-refractivity contribution in [1.29, 1.82) is 0 Å². The molecule has 1 fully saturated rings. The maximum Gasteiger partial charge on any atom is 0.266 e. The van der Waals surface area contributed by atoms with Crippen LogP contribution in [0.3, 0.4) is 0 Å². The van der Waals surface area contributed by atoms with Crippen LogP contribution in [-0.2, 0) is 9.59 Å². The van der Waals surface area contributed by atoms with Crippen LogP contribution in [0.1, 0.15) is 17.5 Å². The molecule has 0 atom stereocenters. The summed E-state index contributed by atoms with van der Waals surface area (Å²) < 4.78 is 0.439. The van der Waals surface area contributed by atoms with Gasteiger partial charge in [0.25, 0.3) is 5.91 Å². The van der Waals surface area contributed by atoms with Crippen molar-refractivity contribution in [2.24, 2.45) is 0 Å². The number of anilines is 1. The lowest BCUT2D eigenvalue weighted by molar-refractivity contribution is -0.122. The molecule has 5 nitrogen and oxygen atoms in total. The van der Waals surface area contributed by atoms with E-state index in [1.54, 1.807) is 18.2 Å². The van der Waals surface area contributed by atoms with Crippen molar-refractivity contribution in [3.63, 3.8) is 0 Å². The van der Waals surface area contributed by atoms with Gasteiger partial charge in [-0.25, -0.2) is 0 Å². The molecule has 0 bridgehead atoms. The number of phenols is 1. The number of para-hydroxylation sites is 2. The van der Waals surface area contributed by atoms with E-state index in [2.05, 4.69) is 5.32 Å². The van der Waals surface area contributed by atoms with E-state index in [0.29, 0.717) is 14.9 Å². The van der Waals surface area contributed by atoms with Crippen LogP contribution < -0.4 is 5.32 Å². The van der Waals surface area contributed by atoms with Gasteiger partial charge in [-0.3, -0.25) is 14.5 Å². The molecule has 0 aromatic heterocycles. The number of aromatic hydroxyl groups is 1. The molecule has 2 aromatic rings. The Balaban J connectivity index is 1.62. The average molecular weight is 399 g/mol. The molecule has 2 aromatic carbocycles. The molecule has 0 spiro atoms. The number of aryl methyl sites for hydroxylation is 1. The summed E-state index contributed by atoms with van der Waals surface area (Å²) >= 11 is 6.53. The zero-order chi connectivity index (χ0) is 19.4. The lowest BCUT2D eigenvalue weighted by atomic mass is 10.1. The van der Waals surface area contributed by atoms with Gasteiger partial charge in [0, 0.05) is 13.0 Å². The molecule has 1 aliphatic heterocycles. The Kier molecular flexibility index (Phi) is 5.93. The number of phenolic OH excluding ortho intramolecular Hbond substituents is 1. The van der Waals surface area contributed by atoms with Crippen molar-refractivity contribution in [1.82, 2.24) is 4.90 Å². The van der Waals surface area contributed by atoms with Gasteiger partial charge in [0.15, 0.2) is 0 Å². The number of benzene rings is 2. The Morgan fingerprint density at radius 1 is 1.26 bits per heavy atom. The Bertz CT molecular complexity index is 940. The summed E-state index contributed by atoms with van der Waals surface area (Å²) in [6, 6.07) is 14.3. The highest BCUT2D eigenvalue weighted by Crippen LogP contribution is 2.32. The summed E-state index contributed by atoms with van der Waals surface area (Å²) in [5.74, 6) is -0.493. The van der Waals surface area contributed by atoms with Gasteiger partial charge in [0.2, 0.25) is 5.91 Å². The monoisotopic (exact) mass is 398 g/mol. The highest BCUT2D eigenvalue weighted by molar-refractivity contribution is 8.26. The molecule has 1 aliphatic rings. The van der Waals surface area contributed by atoms with Crippen LogP contribution in [-0.4, -0.2) is 32.7 Å². The van der Waals surface area contributed by atoms with Crippen LogP contribution >= 0.6 is 24.0 Å². The van der Waals surface area contributed by atoms with Crippen LogP contribution in [0.5, 0.6) is 5.75 Å². The van der Waals surface area contributed by atoms with Crippen LogP contribution in [0.4, 0.5) is 5.69 Å². The number of rotatable bonds is 5. The molecule has 0 saturated carbocycles. The molecule has 0 radical (unpaired) electrons. The SMILES string of the molecule is Cc1cccc(/C=C2\SC(=S)N(CCC(=O)Nc3ccccc3O)C2=O)c1. The first-order chi connectivity index (χ1) is 12.9. The molecule has 2 amide bonds. The predicted molar refractivity (Wildman–Crippen MR) is 112 cm³/mol. The second-order valence-corrected chi connectivity index (χ2v) is 7.74. The van der Waals surface area contributed by atoms with Crippen molar-refractivity contribution >= 4 is 51.9 Å². The van der Waals surface area contributed by atoms with Crippen molar-refractivity contribution in [2.75, 3.05) is 11.9 Å². The van der Waals surface area contributed by atoms with E-state index in [1.807, 2.05) is 37.3 Å². The largest absolute Gasteiger partial charge is 0.506 e. The zero-order valence-corrected chi connectivity index (χ0v) is 16.3. The molecule has 138 valence electrons. The van der Waals surface area contributed by atoms with E-state index < -0.39 is 0 Å². The molecule has 2 N–H and O–H groups in total. The van der Waals surface area contributed by atoms with E-state index in [1.165, 1.54) is 22.7 Å². The first-order valence-electron chi connectivity index (χ1n) is 8.34. The highest BCUT2D eigenvalue weighted by atomic mass is 32.2. The molecule has 0 aliphatic carbocycles. The van der Waals surface area contributed by atoms with Crippen LogP contribution in [0.2, 0.25) is 0 Å². The van der Waals surface area contributed by atoms with E-state index in [0.717, 1.165) is 11.1 Å². The lowest BCUT2D eigenvalue weighted by Gasteiger charge is -2.14. The average Bonchev–Trinajstić information content (AvgIpc) is 2.88. The number of nitrogens with zero attached hydrogens (tertiary/aromatic N) is 1. The Hall–Kier alpha value is -2.64. The van der Waals surface area contributed by atoms with Gasteiger partial charge in [-0.2, -0.15) is 0 Å².